The Morgan fingerprint density at radius 2 is 1.77 bits per heavy atom. The molecule has 0 aliphatic heterocycles. The van der Waals surface area contributed by atoms with Crippen LogP contribution in [0.3, 0.4) is 0 Å². The molecule has 0 heterocycles. The van der Waals surface area contributed by atoms with Gasteiger partial charge in [-0.15, -0.1) is 0 Å². The monoisotopic (exact) mass is 644 g/mol. The highest BCUT2D eigenvalue weighted by molar-refractivity contribution is 7.92. The highest BCUT2D eigenvalue weighted by Gasteiger charge is 2.35. The average molecular weight is 645 g/mol. The van der Waals surface area contributed by atoms with Crippen LogP contribution in [-0.4, -0.2) is 56.3 Å². The molecule has 3 aromatic carbocycles. The Labute approximate surface area is 263 Å². The van der Waals surface area contributed by atoms with E-state index in [1.165, 1.54) is 49.3 Å². The minimum atomic E-state index is -4.61. The number of unbranched alkanes of at least 4 members (excludes halogenated alkanes) is 1. The van der Waals surface area contributed by atoms with E-state index in [4.69, 9.17) is 16.3 Å². The second-order valence-corrected chi connectivity index (χ2v) is 12.6. The largest absolute Gasteiger partial charge is 0.495 e. The number of methoxy groups -OCH3 is 1. The molecule has 0 saturated carbocycles. The first-order valence-corrected chi connectivity index (χ1v) is 15.9. The van der Waals surface area contributed by atoms with Crippen molar-refractivity contribution in [3.63, 3.8) is 0 Å². The van der Waals surface area contributed by atoms with Gasteiger partial charge < -0.3 is 15.0 Å². The van der Waals surface area contributed by atoms with Crippen LogP contribution in [0.2, 0.25) is 5.02 Å². The minimum Gasteiger partial charge on any atom is -0.495 e. The van der Waals surface area contributed by atoms with E-state index in [1.807, 2.05) is 38.1 Å². The van der Waals surface area contributed by atoms with Gasteiger partial charge >= 0.3 is 0 Å². The SMILES string of the molecule is CCCCNC(=O)[C@@H](C)N(Cc1ccccc1C)C(=O)CN(c1cc(Cl)ccc1OC)S(=O)(=O)c1ccc(C)c([N+](=O)[O-])c1. The molecule has 0 aromatic heterocycles. The maximum atomic E-state index is 14.2. The van der Waals surface area contributed by atoms with Gasteiger partial charge in [0.05, 0.1) is 22.6 Å². The Bertz CT molecular complexity index is 1630. The Kier molecular flexibility index (Phi) is 11.7. The molecule has 3 rings (SSSR count). The molecular weight excluding hydrogens is 608 g/mol. The lowest BCUT2D eigenvalue weighted by Gasteiger charge is -2.32. The normalized spacial score (nSPS) is 11.9. The van der Waals surface area contributed by atoms with Gasteiger partial charge in [-0.25, -0.2) is 8.42 Å². The number of amides is 2. The van der Waals surface area contributed by atoms with Crippen LogP contribution in [0.25, 0.3) is 0 Å². The molecule has 236 valence electrons. The lowest BCUT2D eigenvalue weighted by atomic mass is 10.1. The average Bonchev–Trinajstić information content (AvgIpc) is 2.98. The predicted molar refractivity (Wildman–Crippen MR) is 169 cm³/mol. The van der Waals surface area contributed by atoms with Crippen LogP contribution in [0.15, 0.2) is 65.6 Å². The lowest BCUT2D eigenvalue weighted by Crippen LogP contribution is -2.51. The molecule has 1 N–H and O–H groups in total. The van der Waals surface area contributed by atoms with Crippen LogP contribution in [0.1, 0.15) is 43.4 Å². The van der Waals surface area contributed by atoms with E-state index >= 15 is 0 Å². The van der Waals surface area contributed by atoms with Crippen LogP contribution in [0, 0.1) is 24.0 Å². The minimum absolute atomic E-state index is 0.0322. The molecule has 0 spiro atoms. The number of nitrogens with zero attached hydrogens (tertiary/aromatic N) is 3. The summed E-state index contributed by atoms with van der Waals surface area (Å²) in [5.41, 5.74) is 1.49. The first-order valence-electron chi connectivity index (χ1n) is 14.0. The van der Waals surface area contributed by atoms with Crippen molar-refractivity contribution >= 4 is 44.8 Å². The quantitative estimate of drug-likeness (QED) is 0.141. The molecule has 0 aliphatic rings. The molecule has 11 nitrogen and oxygen atoms in total. The molecule has 13 heteroatoms. The highest BCUT2D eigenvalue weighted by Crippen LogP contribution is 2.36. The van der Waals surface area contributed by atoms with Crippen molar-refractivity contribution in [2.75, 3.05) is 24.5 Å². The lowest BCUT2D eigenvalue weighted by molar-refractivity contribution is -0.385. The third-order valence-corrected chi connectivity index (χ3v) is 9.24. The van der Waals surface area contributed by atoms with Crippen LogP contribution in [0.5, 0.6) is 5.75 Å². The number of nitro benzene ring substituents is 1. The summed E-state index contributed by atoms with van der Waals surface area (Å²) in [7, 11) is -3.27. The maximum absolute atomic E-state index is 14.2. The third kappa shape index (κ3) is 8.06. The number of rotatable bonds is 14. The van der Waals surface area contributed by atoms with Crippen molar-refractivity contribution in [2.24, 2.45) is 0 Å². The van der Waals surface area contributed by atoms with Gasteiger partial charge in [-0.05, 0) is 62.6 Å². The first kappa shape index (κ1) is 34.3. The molecule has 0 aliphatic carbocycles. The number of aryl methyl sites for hydroxylation is 2. The van der Waals surface area contributed by atoms with Crippen molar-refractivity contribution in [1.29, 1.82) is 0 Å². The van der Waals surface area contributed by atoms with E-state index in [0.29, 0.717) is 6.54 Å². The molecule has 3 aromatic rings. The number of hydrogen-bond donors (Lipinski definition) is 1. The molecule has 0 saturated heterocycles. The Morgan fingerprint density at radius 3 is 2.41 bits per heavy atom. The molecular formula is C31H37ClN4O7S. The van der Waals surface area contributed by atoms with E-state index in [-0.39, 0.29) is 34.5 Å². The topological polar surface area (TPSA) is 139 Å². The Morgan fingerprint density at radius 1 is 1.07 bits per heavy atom. The van der Waals surface area contributed by atoms with E-state index in [9.17, 15) is 28.1 Å². The van der Waals surface area contributed by atoms with Gasteiger partial charge in [0, 0.05) is 29.7 Å². The van der Waals surface area contributed by atoms with Gasteiger partial charge in [0.15, 0.2) is 0 Å². The Hall–Kier alpha value is -4.16. The number of carbonyl (C=O) groups is 2. The zero-order chi connectivity index (χ0) is 32.6. The zero-order valence-corrected chi connectivity index (χ0v) is 26.9. The van der Waals surface area contributed by atoms with Crippen molar-refractivity contribution < 1.29 is 27.7 Å². The molecule has 0 unspecified atom stereocenters. The van der Waals surface area contributed by atoms with Crippen LogP contribution in [-0.2, 0) is 26.2 Å². The van der Waals surface area contributed by atoms with Crippen LogP contribution < -0.4 is 14.4 Å². The summed E-state index contributed by atoms with van der Waals surface area (Å²) in [6.07, 6.45) is 1.62. The second-order valence-electron chi connectivity index (χ2n) is 10.3. The summed E-state index contributed by atoms with van der Waals surface area (Å²) < 4.78 is 34.6. The predicted octanol–water partition coefficient (Wildman–Crippen LogP) is 5.40. The van der Waals surface area contributed by atoms with Gasteiger partial charge in [0.2, 0.25) is 11.8 Å². The fourth-order valence-electron chi connectivity index (χ4n) is 4.53. The number of nitrogens with one attached hydrogen (secondary N) is 1. The van der Waals surface area contributed by atoms with Crippen LogP contribution in [0.4, 0.5) is 11.4 Å². The molecule has 0 radical (unpaired) electrons. The first-order chi connectivity index (χ1) is 20.8. The summed E-state index contributed by atoms with van der Waals surface area (Å²) in [4.78, 5) is 39.2. The van der Waals surface area contributed by atoms with Crippen molar-refractivity contribution in [2.45, 2.75) is 58.0 Å². The third-order valence-electron chi connectivity index (χ3n) is 7.25. The summed E-state index contributed by atoms with van der Waals surface area (Å²) in [5, 5.41) is 14.7. The summed E-state index contributed by atoms with van der Waals surface area (Å²) in [5.74, 6) is -0.967. The second kappa shape index (κ2) is 15.0. The number of sulfonamides is 1. The highest BCUT2D eigenvalue weighted by atomic mass is 35.5. The van der Waals surface area contributed by atoms with E-state index in [1.54, 1.807) is 6.92 Å². The summed E-state index contributed by atoms with van der Waals surface area (Å²) >= 11 is 6.26. The van der Waals surface area contributed by atoms with Crippen molar-refractivity contribution in [1.82, 2.24) is 10.2 Å². The smallest absolute Gasteiger partial charge is 0.273 e. The number of halogens is 1. The molecule has 44 heavy (non-hydrogen) atoms. The van der Waals surface area contributed by atoms with Gasteiger partial charge in [0.25, 0.3) is 15.7 Å². The van der Waals surface area contributed by atoms with Gasteiger partial charge in [-0.3, -0.25) is 24.0 Å². The Balaban J connectivity index is 2.14. The van der Waals surface area contributed by atoms with Crippen LogP contribution >= 0.6 is 11.6 Å². The van der Waals surface area contributed by atoms with Crippen molar-refractivity contribution in [3.05, 3.63) is 92.5 Å². The number of carbonyl (C=O) groups excluding carboxylic acids is 2. The van der Waals surface area contributed by atoms with Gasteiger partial charge in [-0.1, -0.05) is 55.3 Å². The fraction of sp³-hybridized carbons (Fsp3) is 0.355. The van der Waals surface area contributed by atoms with Gasteiger partial charge in [-0.2, -0.15) is 0 Å². The summed E-state index contributed by atoms with van der Waals surface area (Å²) in [6.45, 7) is 6.65. The molecule has 0 fully saturated rings. The fourth-order valence-corrected chi connectivity index (χ4v) is 6.14. The van der Waals surface area contributed by atoms with E-state index in [2.05, 4.69) is 5.32 Å². The number of anilines is 1. The number of nitro groups is 1. The van der Waals surface area contributed by atoms with Gasteiger partial charge in [0.1, 0.15) is 18.3 Å². The molecule has 0 bridgehead atoms. The maximum Gasteiger partial charge on any atom is 0.273 e. The number of benzene rings is 3. The van der Waals surface area contributed by atoms with E-state index in [0.717, 1.165) is 34.3 Å². The molecule has 1 atom stereocenters. The summed E-state index contributed by atoms with van der Waals surface area (Å²) in [6, 6.07) is 14.2. The molecule has 2 amide bonds. The standard InChI is InChI=1S/C31H37ClN4O7S/c1-6-7-16-33-31(38)23(4)34(19-24-11-9-8-10-21(24)2)30(37)20-35(28-17-25(32)13-15-29(28)43-5)44(41,42)26-14-12-22(3)27(18-26)36(39)40/h8-15,17-18,23H,6-7,16,19-20H2,1-5H3,(H,33,38)/t23-/m1/s1. The van der Waals surface area contributed by atoms with Crippen molar-refractivity contribution in [3.8, 4) is 5.75 Å². The number of ether oxygens (including phenoxy) is 1. The number of hydrogen-bond acceptors (Lipinski definition) is 7. The van der Waals surface area contributed by atoms with E-state index < -0.39 is 44.0 Å². The zero-order valence-electron chi connectivity index (χ0n) is 25.4.